The molecule has 1 rings (SSSR count). The number of carbonyl (C=O) groups excluding carboxylic acids is 1. The van der Waals surface area contributed by atoms with Gasteiger partial charge in [-0.3, -0.25) is 4.79 Å². The third-order valence-corrected chi connectivity index (χ3v) is 3.69. The smallest absolute Gasteiger partial charge is 0.206 e. The SMILES string of the molecule is C/C=C(\c1ccccc1C(=O)C(C)=N)S(C)(=O)=O. The summed E-state index contributed by atoms with van der Waals surface area (Å²) >= 11 is 0. The molecule has 0 fully saturated rings. The lowest BCUT2D eigenvalue weighted by molar-refractivity contribution is 0.106. The summed E-state index contributed by atoms with van der Waals surface area (Å²) in [7, 11) is -3.41. The summed E-state index contributed by atoms with van der Waals surface area (Å²) in [5.41, 5.74) is 0.467. The minimum Gasteiger partial charge on any atom is -0.302 e. The van der Waals surface area contributed by atoms with E-state index in [-0.39, 0.29) is 16.2 Å². The molecule has 0 heterocycles. The lowest BCUT2D eigenvalue weighted by Gasteiger charge is -2.10. The molecule has 1 N–H and O–H groups in total. The van der Waals surface area contributed by atoms with Crippen LogP contribution >= 0.6 is 0 Å². The van der Waals surface area contributed by atoms with Gasteiger partial charge < -0.3 is 5.41 Å². The van der Waals surface area contributed by atoms with E-state index in [2.05, 4.69) is 0 Å². The molecule has 0 aliphatic heterocycles. The number of benzene rings is 1. The Morgan fingerprint density at radius 1 is 1.22 bits per heavy atom. The van der Waals surface area contributed by atoms with Crippen molar-refractivity contribution in [2.24, 2.45) is 0 Å². The summed E-state index contributed by atoms with van der Waals surface area (Å²) in [5, 5.41) is 7.37. The zero-order chi connectivity index (χ0) is 13.9. The van der Waals surface area contributed by atoms with Gasteiger partial charge in [-0.2, -0.15) is 0 Å². The topological polar surface area (TPSA) is 75.1 Å². The quantitative estimate of drug-likeness (QED) is 0.670. The molecule has 0 aliphatic carbocycles. The summed E-state index contributed by atoms with van der Waals surface area (Å²) < 4.78 is 23.3. The fraction of sp³-hybridized carbons (Fsp3) is 0.231. The molecule has 18 heavy (non-hydrogen) atoms. The molecule has 0 aromatic heterocycles. The Morgan fingerprint density at radius 3 is 2.11 bits per heavy atom. The second-order valence-electron chi connectivity index (χ2n) is 3.92. The second-order valence-corrected chi connectivity index (χ2v) is 5.91. The second kappa shape index (κ2) is 5.27. The number of hydrogen-bond acceptors (Lipinski definition) is 4. The molecule has 0 amide bonds. The summed E-state index contributed by atoms with van der Waals surface area (Å²) in [6.07, 6.45) is 2.56. The summed E-state index contributed by atoms with van der Waals surface area (Å²) in [6.45, 7) is 2.99. The minimum absolute atomic E-state index is 0.104. The number of rotatable bonds is 4. The van der Waals surface area contributed by atoms with Gasteiger partial charge in [0.25, 0.3) is 0 Å². The summed E-state index contributed by atoms with van der Waals surface area (Å²) in [5.74, 6) is -0.464. The van der Waals surface area contributed by atoms with Gasteiger partial charge in [0.1, 0.15) is 0 Å². The fourth-order valence-electron chi connectivity index (χ4n) is 1.67. The molecule has 1 aromatic carbocycles. The molecule has 0 radical (unpaired) electrons. The average molecular weight is 265 g/mol. The van der Waals surface area contributed by atoms with Crippen molar-refractivity contribution >= 4 is 26.2 Å². The number of allylic oxidation sites excluding steroid dienone is 1. The van der Waals surface area contributed by atoms with Crippen LogP contribution in [0, 0.1) is 5.41 Å². The highest BCUT2D eigenvalue weighted by atomic mass is 32.2. The van der Waals surface area contributed by atoms with Crippen molar-refractivity contribution in [3.05, 3.63) is 41.5 Å². The van der Waals surface area contributed by atoms with Crippen molar-refractivity contribution in [3.8, 4) is 0 Å². The molecular weight excluding hydrogens is 250 g/mol. The van der Waals surface area contributed by atoms with E-state index in [1.807, 2.05) is 0 Å². The first kappa shape index (κ1) is 14.3. The van der Waals surface area contributed by atoms with Crippen molar-refractivity contribution in [1.82, 2.24) is 0 Å². The normalized spacial score (nSPS) is 12.3. The highest BCUT2D eigenvalue weighted by Crippen LogP contribution is 2.24. The molecule has 0 saturated heterocycles. The summed E-state index contributed by atoms with van der Waals surface area (Å²) in [4.78, 5) is 12.0. The van der Waals surface area contributed by atoms with Gasteiger partial charge in [0.15, 0.2) is 9.84 Å². The van der Waals surface area contributed by atoms with Gasteiger partial charge in [0.05, 0.1) is 10.6 Å². The predicted octanol–water partition coefficient (Wildman–Crippen LogP) is 2.31. The standard InChI is InChI=1S/C13H15NO3S/c1-4-12(18(3,16)17)10-7-5-6-8-11(10)13(15)9(2)14/h4-8,14H,1-3H3/b12-4+,14-9?. The van der Waals surface area contributed by atoms with E-state index in [9.17, 15) is 13.2 Å². The van der Waals surface area contributed by atoms with E-state index < -0.39 is 15.6 Å². The van der Waals surface area contributed by atoms with Crippen LogP contribution < -0.4 is 0 Å². The van der Waals surface area contributed by atoms with E-state index in [1.165, 1.54) is 19.1 Å². The monoisotopic (exact) mass is 265 g/mol. The Bertz CT molecular complexity index is 627. The number of Topliss-reactive ketones (excluding diaryl/α,β-unsaturated/α-hetero) is 1. The van der Waals surface area contributed by atoms with Crippen LogP contribution in [0.4, 0.5) is 0 Å². The van der Waals surface area contributed by atoms with Crippen LogP contribution in [0.15, 0.2) is 30.3 Å². The highest BCUT2D eigenvalue weighted by Gasteiger charge is 2.20. The van der Waals surface area contributed by atoms with E-state index in [0.29, 0.717) is 5.56 Å². The van der Waals surface area contributed by atoms with Crippen molar-refractivity contribution in [2.45, 2.75) is 13.8 Å². The first-order valence-electron chi connectivity index (χ1n) is 5.34. The summed E-state index contributed by atoms with van der Waals surface area (Å²) in [6, 6.07) is 6.42. The first-order valence-corrected chi connectivity index (χ1v) is 7.23. The molecule has 0 atom stereocenters. The molecule has 0 saturated carbocycles. The molecule has 1 aromatic rings. The third-order valence-electron chi connectivity index (χ3n) is 2.44. The van der Waals surface area contributed by atoms with Crippen molar-refractivity contribution in [1.29, 1.82) is 5.41 Å². The van der Waals surface area contributed by atoms with Gasteiger partial charge in [-0.15, -0.1) is 0 Å². The van der Waals surface area contributed by atoms with E-state index in [1.54, 1.807) is 25.1 Å². The number of carbonyl (C=O) groups is 1. The van der Waals surface area contributed by atoms with Crippen LogP contribution in [0.1, 0.15) is 29.8 Å². The Balaban J connectivity index is 3.53. The Labute approximate surface area is 107 Å². The van der Waals surface area contributed by atoms with E-state index in [0.717, 1.165) is 6.26 Å². The van der Waals surface area contributed by atoms with Gasteiger partial charge in [0.2, 0.25) is 5.78 Å². The lowest BCUT2D eigenvalue weighted by Crippen LogP contribution is -2.13. The molecule has 4 nitrogen and oxygen atoms in total. The average Bonchev–Trinajstić information content (AvgIpc) is 2.27. The molecule has 0 aliphatic rings. The van der Waals surface area contributed by atoms with Gasteiger partial charge in [0, 0.05) is 17.4 Å². The van der Waals surface area contributed by atoms with Crippen LogP contribution in [0.5, 0.6) is 0 Å². The first-order chi connectivity index (χ1) is 8.29. The van der Waals surface area contributed by atoms with Crippen LogP contribution in [0.25, 0.3) is 4.91 Å². The lowest BCUT2D eigenvalue weighted by atomic mass is 10.0. The number of ketones is 1. The van der Waals surface area contributed by atoms with Crippen molar-refractivity contribution in [3.63, 3.8) is 0 Å². The van der Waals surface area contributed by atoms with Crippen LogP contribution in [-0.4, -0.2) is 26.2 Å². The van der Waals surface area contributed by atoms with Gasteiger partial charge in [-0.05, 0) is 13.8 Å². The predicted molar refractivity (Wildman–Crippen MR) is 72.7 cm³/mol. The number of hydrogen-bond donors (Lipinski definition) is 1. The van der Waals surface area contributed by atoms with Crippen LogP contribution in [0.2, 0.25) is 0 Å². The zero-order valence-electron chi connectivity index (χ0n) is 10.5. The molecule has 96 valence electrons. The maximum atomic E-state index is 11.9. The molecule has 0 bridgehead atoms. The molecule has 0 unspecified atom stereocenters. The van der Waals surface area contributed by atoms with Gasteiger partial charge in [-0.25, -0.2) is 8.42 Å². The van der Waals surface area contributed by atoms with Crippen molar-refractivity contribution < 1.29 is 13.2 Å². The van der Waals surface area contributed by atoms with E-state index >= 15 is 0 Å². The Morgan fingerprint density at radius 2 is 1.72 bits per heavy atom. The zero-order valence-corrected chi connectivity index (χ0v) is 11.3. The maximum Gasteiger partial charge on any atom is 0.206 e. The Hall–Kier alpha value is -1.75. The molecular formula is C13H15NO3S. The third kappa shape index (κ3) is 2.92. The fourth-order valence-corrected chi connectivity index (χ4v) is 2.67. The number of nitrogens with one attached hydrogen (secondary N) is 1. The molecule has 0 spiro atoms. The van der Waals surface area contributed by atoms with E-state index in [4.69, 9.17) is 5.41 Å². The molecule has 5 heteroatoms. The number of sulfone groups is 1. The largest absolute Gasteiger partial charge is 0.302 e. The Kier molecular flexibility index (Phi) is 4.19. The van der Waals surface area contributed by atoms with Crippen LogP contribution in [0.3, 0.4) is 0 Å². The van der Waals surface area contributed by atoms with Gasteiger partial charge in [-0.1, -0.05) is 30.3 Å². The minimum atomic E-state index is -3.41. The van der Waals surface area contributed by atoms with Crippen LogP contribution in [-0.2, 0) is 9.84 Å². The van der Waals surface area contributed by atoms with Gasteiger partial charge >= 0.3 is 0 Å². The van der Waals surface area contributed by atoms with Crippen molar-refractivity contribution in [2.75, 3.05) is 6.26 Å². The maximum absolute atomic E-state index is 11.9. The highest BCUT2D eigenvalue weighted by molar-refractivity contribution is 8.00.